The van der Waals surface area contributed by atoms with Crippen LogP contribution in [0.1, 0.15) is 54.0 Å². The summed E-state index contributed by atoms with van der Waals surface area (Å²) in [5, 5.41) is 0. The van der Waals surface area contributed by atoms with Crippen LogP contribution < -0.4 is 11.2 Å². The molecule has 1 aromatic heterocycles. The summed E-state index contributed by atoms with van der Waals surface area (Å²) in [4.78, 5) is 37.8. The summed E-state index contributed by atoms with van der Waals surface area (Å²) < 4.78 is 7.75. The zero-order valence-corrected chi connectivity index (χ0v) is 13.5. The van der Waals surface area contributed by atoms with Crippen LogP contribution in [0.4, 0.5) is 0 Å². The number of hydrogen-bond acceptors (Lipinski definition) is 4. The third-order valence-electron chi connectivity index (χ3n) is 4.77. The molecule has 7 nitrogen and oxygen atoms in total. The normalized spacial score (nSPS) is 22.2. The Hall–Kier alpha value is -2.15. The number of ether oxygens (including phenoxy) is 1. The van der Waals surface area contributed by atoms with Gasteiger partial charge in [0.05, 0.1) is 11.6 Å². The molecule has 1 spiro atoms. The SMILES string of the molecule is CC(C)OC1N(C)C(=O)c2cc(=O)c(C(N)=O)cn2C12CCC2. The molecule has 1 unspecified atom stereocenters. The second-order valence-electron chi connectivity index (χ2n) is 6.58. The quantitative estimate of drug-likeness (QED) is 0.885. The summed E-state index contributed by atoms with van der Waals surface area (Å²) >= 11 is 0. The van der Waals surface area contributed by atoms with Gasteiger partial charge < -0.3 is 19.9 Å². The molecule has 3 rings (SSSR count). The zero-order valence-electron chi connectivity index (χ0n) is 13.5. The van der Waals surface area contributed by atoms with Crippen molar-refractivity contribution in [1.82, 2.24) is 9.47 Å². The van der Waals surface area contributed by atoms with Gasteiger partial charge in [-0.1, -0.05) is 0 Å². The lowest BCUT2D eigenvalue weighted by atomic mass is 9.72. The number of amides is 2. The predicted octanol–water partition coefficient (Wildman–Crippen LogP) is 0.663. The van der Waals surface area contributed by atoms with E-state index < -0.39 is 23.1 Å². The molecule has 1 aliphatic carbocycles. The lowest BCUT2D eigenvalue weighted by molar-refractivity contribution is -0.161. The third kappa shape index (κ3) is 2.18. The molecule has 7 heteroatoms. The molecule has 0 aromatic carbocycles. The lowest BCUT2D eigenvalue weighted by Gasteiger charge is -2.55. The molecule has 2 N–H and O–H groups in total. The van der Waals surface area contributed by atoms with Crippen LogP contribution in [0.15, 0.2) is 17.1 Å². The highest BCUT2D eigenvalue weighted by Gasteiger charge is 2.54. The van der Waals surface area contributed by atoms with Gasteiger partial charge in [0, 0.05) is 19.3 Å². The van der Waals surface area contributed by atoms with Crippen molar-refractivity contribution >= 4 is 11.8 Å². The highest BCUT2D eigenvalue weighted by atomic mass is 16.5. The Balaban J connectivity index is 2.22. The van der Waals surface area contributed by atoms with Crippen LogP contribution in [0, 0.1) is 0 Å². The Kier molecular flexibility index (Phi) is 3.55. The molecule has 23 heavy (non-hydrogen) atoms. The topological polar surface area (TPSA) is 94.6 Å². The first-order valence-electron chi connectivity index (χ1n) is 7.77. The monoisotopic (exact) mass is 319 g/mol. The molecular weight excluding hydrogens is 298 g/mol. The van der Waals surface area contributed by atoms with Gasteiger partial charge in [0.2, 0.25) is 0 Å². The molecule has 2 heterocycles. The van der Waals surface area contributed by atoms with Gasteiger partial charge in [0.1, 0.15) is 11.3 Å². The van der Waals surface area contributed by atoms with Gasteiger partial charge in [-0.2, -0.15) is 0 Å². The summed E-state index contributed by atoms with van der Waals surface area (Å²) in [7, 11) is 1.69. The molecule has 1 saturated carbocycles. The average molecular weight is 319 g/mol. The van der Waals surface area contributed by atoms with E-state index in [2.05, 4.69) is 0 Å². The molecule has 0 radical (unpaired) electrons. The summed E-state index contributed by atoms with van der Waals surface area (Å²) in [5.74, 6) is -1.08. The molecular formula is C16H21N3O4. The van der Waals surface area contributed by atoms with Crippen molar-refractivity contribution in [2.75, 3.05) is 7.05 Å². The van der Waals surface area contributed by atoms with Crippen molar-refractivity contribution in [2.24, 2.45) is 5.73 Å². The third-order valence-corrected chi connectivity index (χ3v) is 4.77. The average Bonchev–Trinajstić information content (AvgIpc) is 2.42. The van der Waals surface area contributed by atoms with Crippen LogP contribution in [0.3, 0.4) is 0 Å². The summed E-state index contributed by atoms with van der Waals surface area (Å²) in [6.45, 7) is 3.83. The van der Waals surface area contributed by atoms with Gasteiger partial charge in [0.25, 0.3) is 11.8 Å². The smallest absolute Gasteiger partial charge is 0.272 e. The molecule has 1 aliphatic heterocycles. The Bertz CT molecular complexity index is 733. The number of likely N-dealkylation sites (N-methyl/N-ethyl adjacent to an activating group) is 1. The van der Waals surface area contributed by atoms with E-state index in [0.29, 0.717) is 0 Å². The van der Waals surface area contributed by atoms with Gasteiger partial charge >= 0.3 is 0 Å². The van der Waals surface area contributed by atoms with E-state index in [9.17, 15) is 14.4 Å². The van der Waals surface area contributed by atoms with Crippen molar-refractivity contribution in [2.45, 2.75) is 51.0 Å². The molecule has 2 aliphatic rings. The maximum Gasteiger partial charge on any atom is 0.272 e. The van der Waals surface area contributed by atoms with E-state index in [1.165, 1.54) is 12.3 Å². The fourth-order valence-electron chi connectivity index (χ4n) is 3.52. The number of pyridine rings is 1. The van der Waals surface area contributed by atoms with Gasteiger partial charge in [-0.25, -0.2) is 0 Å². The number of nitrogens with two attached hydrogens (primary N) is 1. The molecule has 124 valence electrons. The summed E-state index contributed by atoms with van der Waals surface area (Å²) in [6, 6.07) is 1.21. The minimum Gasteiger partial charge on any atom is -0.365 e. The van der Waals surface area contributed by atoms with Gasteiger partial charge in [-0.3, -0.25) is 14.4 Å². The number of carbonyl (C=O) groups excluding carboxylic acids is 2. The van der Waals surface area contributed by atoms with E-state index in [-0.39, 0.29) is 23.3 Å². The molecule has 1 aromatic rings. The molecule has 2 amide bonds. The molecule has 0 bridgehead atoms. The van der Waals surface area contributed by atoms with Gasteiger partial charge in [0.15, 0.2) is 11.7 Å². The Morgan fingerprint density at radius 3 is 2.52 bits per heavy atom. The number of nitrogens with zero attached hydrogens (tertiary/aromatic N) is 2. The predicted molar refractivity (Wildman–Crippen MR) is 83.1 cm³/mol. The molecule has 1 atom stereocenters. The Morgan fingerprint density at radius 2 is 2.04 bits per heavy atom. The van der Waals surface area contributed by atoms with Crippen LogP contribution in [0.2, 0.25) is 0 Å². The maximum absolute atomic E-state index is 12.6. The van der Waals surface area contributed by atoms with Crippen LogP contribution in [-0.4, -0.2) is 40.7 Å². The van der Waals surface area contributed by atoms with Crippen molar-refractivity contribution in [3.05, 3.63) is 33.7 Å². The highest BCUT2D eigenvalue weighted by molar-refractivity contribution is 5.96. The first-order valence-corrected chi connectivity index (χ1v) is 7.77. The van der Waals surface area contributed by atoms with Crippen molar-refractivity contribution in [3.8, 4) is 0 Å². The van der Waals surface area contributed by atoms with Crippen LogP contribution in [-0.2, 0) is 10.3 Å². The molecule has 1 fully saturated rings. The van der Waals surface area contributed by atoms with Crippen molar-refractivity contribution in [1.29, 1.82) is 0 Å². The fraction of sp³-hybridized carbons (Fsp3) is 0.562. The molecule has 0 saturated heterocycles. The number of carbonyl (C=O) groups is 2. The Morgan fingerprint density at radius 1 is 1.39 bits per heavy atom. The van der Waals surface area contributed by atoms with E-state index >= 15 is 0 Å². The summed E-state index contributed by atoms with van der Waals surface area (Å²) in [5.41, 5.74) is 4.51. The lowest BCUT2D eigenvalue weighted by Crippen LogP contribution is -2.64. The number of aromatic nitrogens is 1. The highest BCUT2D eigenvalue weighted by Crippen LogP contribution is 2.47. The zero-order chi connectivity index (χ0) is 16.9. The maximum atomic E-state index is 12.6. The van der Waals surface area contributed by atoms with Crippen molar-refractivity contribution in [3.63, 3.8) is 0 Å². The number of hydrogen-bond donors (Lipinski definition) is 1. The fourth-order valence-corrected chi connectivity index (χ4v) is 3.52. The summed E-state index contributed by atoms with van der Waals surface area (Å²) in [6.07, 6.45) is 3.58. The first-order chi connectivity index (χ1) is 10.8. The Labute approximate surface area is 134 Å². The van der Waals surface area contributed by atoms with Crippen LogP contribution in [0.25, 0.3) is 0 Å². The van der Waals surface area contributed by atoms with E-state index in [1.54, 1.807) is 16.5 Å². The van der Waals surface area contributed by atoms with Crippen molar-refractivity contribution < 1.29 is 14.3 Å². The van der Waals surface area contributed by atoms with Crippen LogP contribution >= 0.6 is 0 Å². The minimum atomic E-state index is -0.785. The van der Waals surface area contributed by atoms with Crippen LogP contribution in [0.5, 0.6) is 0 Å². The number of rotatable bonds is 3. The standard InChI is InChI=1S/C16H21N3O4/c1-9(2)23-15-16(5-4-6-16)19-8-10(13(17)21)12(20)7-11(19)14(22)18(15)3/h7-9,15H,4-6H2,1-3H3,(H2,17,21). The van der Waals surface area contributed by atoms with E-state index in [1.807, 2.05) is 13.8 Å². The first kappa shape index (κ1) is 15.7. The van der Waals surface area contributed by atoms with E-state index in [4.69, 9.17) is 10.5 Å². The number of primary amides is 1. The largest absolute Gasteiger partial charge is 0.365 e. The van der Waals surface area contributed by atoms with Gasteiger partial charge in [-0.05, 0) is 33.1 Å². The van der Waals surface area contributed by atoms with E-state index in [0.717, 1.165) is 19.3 Å². The second kappa shape index (κ2) is 5.19. The number of fused-ring (bicyclic) bond motifs is 2. The van der Waals surface area contributed by atoms with Gasteiger partial charge in [-0.15, -0.1) is 0 Å². The second-order valence-corrected chi connectivity index (χ2v) is 6.58. The minimum absolute atomic E-state index is 0.0516.